The van der Waals surface area contributed by atoms with E-state index in [9.17, 15) is 14.9 Å². The van der Waals surface area contributed by atoms with Gasteiger partial charge in [-0.25, -0.2) is 0 Å². The van der Waals surface area contributed by atoms with E-state index in [1.807, 2.05) is 6.07 Å². The number of aromatic nitrogens is 1. The topological polar surface area (TPSA) is 96.0 Å². The van der Waals surface area contributed by atoms with Crippen molar-refractivity contribution in [3.8, 4) is 11.5 Å². The van der Waals surface area contributed by atoms with E-state index < -0.39 is 16.9 Å². The lowest BCUT2D eigenvalue weighted by molar-refractivity contribution is -0.384. The van der Waals surface area contributed by atoms with Gasteiger partial charge in [0, 0.05) is 18.7 Å². The minimum absolute atomic E-state index is 0.0157. The van der Waals surface area contributed by atoms with Gasteiger partial charge in [0.05, 0.1) is 15.1 Å². The number of hydrogen-bond acceptors (Lipinski definition) is 6. The van der Waals surface area contributed by atoms with E-state index in [1.165, 1.54) is 23.5 Å². The van der Waals surface area contributed by atoms with Crippen LogP contribution in [0.1, 0.15) is 0 Å². The number of carbonyl (C=O) groups excluding carboxylic acids is 1. The molecule has 1 aliphatic rings. The van der Waals surface area contributed by atoms with Crippen molar-refractivity contribution in [2.24, 2.45) is 4.99 Å². The van der Waals surface area contributed by atoms with Gasteiger partial charge in [-0.2, -0.15) is 4.99 Å². The van der Waals surface area contributed by atoms with Crippen molar-refractivity contribution < 1.29 is 19.2 Å². The van der Waals surface area contributed by atoms with Crippen LogP contribution >= 0.6 is 11.3 Å². The Labute approximate surface area is 163 Å². The van der Waals surface area contributed by atoms with Crippen LogP contribution in [0.3, 0.4) is 0 Å². The van der Waals surface area contributed by atoms with Crippen LogP contribution in [0.4, 0.5) is 5.69 Å². The first-order chi connectivity index (χ1) is 13.6. The molecule has 0 unspecified atom stereocenters. The Morgan fingerprint density at radius 1 is 1.36 bits per heavy atom. The van der Waals surface area contributed by atoms with Crippen molar-refractivity contribution in [2.45, 2.75) is 12.6 Å². The van der Waals surface area contributed by atoms with E-state index >= 15 is 0 Å². The molecule has 2 heterocycles. The van der Waals surface area contributed by atoms with Gasteiger partial charge in [0.1, 0.15) is 6.61 Å². The van der Waals surface area contributed by atoms with Crippen molar-refractivity contribution in [3.63, 3.8) is 0 Å². The number of rotatable bonds is 4. The summed E-state index contributed by atoms with van der Waals surface area (Å²) in [5.74, 6) is 0.601. The highest BCUT2D eigenvalue weighted by Crippen LogP contribution is 2.31. The van der Waals surface area contributed by atoms with Gasteiger partial charge < -0.3 is 14.0 Å². The number of allylic oxidation sites excluding steroid dienone is 1. The molecule has 28 heavy (non-hydrogen) atoms. The summed E-state index contributed by atoms with van der Waals surface area (Å²) in [7, 11) is 0. The third-order valence-corrected chi connectivity index (χ3v) is 5.22. The Kier molecular flexibility index (Phi) is 4.66. The average Bonchev–Trinajstić information content (AvgIpc) is 3.04. The monoisotopic (exact) mass is 397 g/mol. The quantitative estimate of drug-likeness (QED) is 0.383. The van der Waals surface area contributed by atoms with Crippen LogP contribution in [0.25, 0.3) is 10.2 Å². The maximum atomic E-state index is 12.7. The number of nitrogens with zero attached hydrogens (tertiary/aromatic N) is 3. The molecular weight excluding hydrogens is 382 g/mol. The van der Waals surface area contributed by atoms with E-state index in [2.05, 4.69) is 11.6 Å². The molecule has 142 valence electrons. The molecule has 0 radical (unpaired) electrons. The summed E-state index contributed by atoms with van der Waals surface area (Å²) < 4.78 is 13.7. The normalized spacial score (nSPS) is 16.1. The SMILES string of the molecule is C=CCn1c(=NC(=O)[C@@H]2COc3ccccc3O2)sc2cc([N+](=O)[O-])ccc21. The number of carbonyl (C=O) groups is 1. The zero-order chi connectivity index (χ0) is 19.7. The highest BCUT2D eigenvalue weighted by atomic mass is 32.1. The predicted octanol–water partition coefficient (Wildman–Crippen LogP) is 3.06. The number of nitro benzene ring substituents is 1. The first-order valence-electron chi connectivity index (χ1n) is 8.42. The fraction of sp³-hybridized carbons (Fsp3) is 0.158. The fourth-order valence-corrected chi connectivity index (χ4v) is 3.95. The molecule has 0 aliphatic carbocycles. The van der Waals surface area contributed by atoms with E-state index in [1.54, 1.807) is 34.9 Å². The van der Waals surface area contributed by atoms with Crippen molar-refractivity contribution >= 4 is 33.1 Å². The van der Waals surface area contributed by atoms with Crippen LogP contribution in [-0.4, -0.2) is 28.1 Å². The predicted molar refractivity (Wildman–Crippen MR) is 104 cm³/mol. The Bertz CT molecular complexity index is 1160. The zero-order valence-electron chi connectivity index (χ0n) is 14.6. The number of nitro groups is 1. The molecule has 4 rings (SSSR count). The highest BCUT2D eigenvalue weighted by molar-refractivity contribution is 7.16. The summed E-state index contributed by atoms with van der Waals surface area (Å²) in [6.07, 6.45) is 0.819. The summed E-state index contributed by atoms with van der Waals surface area (Å²) in [5.41, 5.74) is 0.728. The number of amides is 1. The molecule has 1 amide bonds. The molecule has 9 heteroatoms. The Hall–Kier alpha value is -3.46. The molecule has 8 nitrogen and oxygen atoms in total. The lowest BCUT2D eigenvalue weighted by Gasteiger charge is -2.23. The second kappa shape index (κ2) is 7.28. The van der Waals surface area contributed by atoms with E-state index in [0.29, 0.717) is 27.5 Å². The van der Waals surface area contributed by atoms with Gasteiger partial charge in [0.2, 0.25) is 6.10 Å². The molecule has 0 bridgehead atoms. The molecule has 1 aliphatic heterocycles. The van der Waals surface area contributed by atoms with Crippen LogP contribution in [0.5, 0.6) is 11.5 Å². The zero-order valence-corrected chi connectivity index (χ0v) is 15.4. The molecule has 1 aromatic heterocycles. The highest BCUT2D eigenvalue weighted by Gasteiger charge is 2.27. The van der Waals surface area contributed by atoms with Crippen molar-refractivity contribution in [3.05, 3.63) is 70.0 Å². The second-order valence-electron chi connectivity index (χ2n) is 6.01. The number of ether oxygens (including phenoxy) is 2. The molecule has 0 N–H and O–H groups in total. The molecule has 0 fully saturated rings. The summed E-state index contributed by atoms with van der Waals surface area (Å²) in [6, 6.07) is 11.7. The molecule has 2 aromatic carbocycles. The van der Waals surface area contributed by atoms with E-state index in [4.69, 9.17) is 9.47 Å². The minimum atomic E-state index is -0.855. The van der Waals surface area contributed by atoms with E-state index in [-0.39, 0.29) is 12.3 Å². The first kappa shape index (κ1) is 17.9. The molecule has 1 atom stereocenters. The molecular formula is C19H15N3O5S. The molecule has 3 aromatic rings. The van der Waals surface area contributed by atoms with Crippen LogP contribution in [0, 0.1) is 10.1 Å². The maximum absolute atomic E-state index is 12.7. The summed E-state index contributed by atoms with van der Waals surface area (Å²) in [6.45, 7) is 4.21. The lowest BCUT2D eigenvalue weighted by Crippen LogP contribution is -2.36. The number of thiazole rings is 1. The van der Waals surface area contributed by atoms with Gasteiger partial charge in [-0.1, -0.05) is 29.5 Å². The summed E-state index contributed by atoms with van der Waals surface area (Å²) in [5, 5.41) is 11.0. The number of non-ortho nitro benzene ring substituents is 1. The van der Waals surface area contributed by atoms with Gasteiger partial charge in [-0.05, 0) is 18.2 Å². The molecule has 0 saturated carbocycles. The van der Waals surface area contributed by atoms with Crippen molar-refractivity contribution in [1.82, 2.24) is 4.57 Å². The van der Waals surface area contributed by atoms with Gasteiger partial charge in [0.15, 0.2) is 16.3 Å². The van der Waals surface area contributed by atoms with Crippen LogP contribution in [-0.2, 0) is 11.3 Å². The largest absolute Gasteiger partial charge is 0.485 e. The smallest absolute Gasteiger partial charge is 0.292 e. The fourth-order valence-electron chi connectivity index (χ4n) is 2.87. The Morgan fingerprint density at radius 2 is 2.14 bits per heavy atom. The van der Waals surface area contributed by atoms with Crippen LogP contribution < -0.4 is 14.3 Å². The minimum Gasteiger partial charge on any atom is -0.485 e. The maximum Gasteiger partial charge on any atom is 0.292 e. The summed E-state index contributed by atoms with van der Waals surface area (Å²) >= 11 is 1.20. The number of hydrogen-bond donors (Lipinski definition) is 0. The number of para-hydroxylation sites is 2. The molecule has 0 saturated heterocycles. The number of benzene rings is 2. The second-order valence-corrected chi connectivity index (χ2v) is 7.02. The van der Waals surface area contributed by atoms with Gasteiger partial charge >= 0.3 is 0 Å². The third kappa shape index (κ3) is 3.27. The van der Waals surface area contributed by atoms with E-state index in [0.717, 1.165) is 5.52 Å². The lowest BCUT2D eigenvalue weighted by atomic mass is 10.2. The van der Waals surface area contributed by atoms with Gasteiger partial charge in [0.25, 0.3) is 11.6 Å². The standard InChI is InChI=1S/C19H15N3O5S/c1-2-9-21-13-8-7-12(22(24)25)10-17(13)28-19(21)20-18(23)16-11-26-14-5-3-4-6-15(14)27-16/h2-8,10,16H,1,9,11H2/t16-/m0/s1. The van der Waals surface area contributed by atoms with Gasteiger partial charge in [-0.15, -0.1) is 6.58 Å². The van der Waals surface area contributed by atoms with Gasteiger partial charge in [-0.3, -0.25) is 14.9 Å². The molecule has 0 spiro atoms. The van der Waals surface area contributed by atoms with Crippen LogP contribution in [0.2, 0.25) is 0 Å². The Balaban J connectivity index is 1.72. The van der Waals surface area contributed by atoms with Crippen molar-refractivity contribution in [1.29, 1.82) is 0 Å². The average molecular weight is 397 g/mol. The Morgan fingerprint density at radius 3 is 2.89 bits per heavy atom. The summed E-state index contributed by atoms with van der Waals surface area (Å²) in [4.78, 5) is 27.9. The van der Waals surface area contributed by atoms with Crippen LogP contribution in [0.15, 0.2) is 60.1 Å². The van der Waals surface area contributed by atoms with Crippen molar-refractivity contribution in [2.75, 3.05) is 6.61 Å². The first-order valence-corrected chi connectivity index (χ1v) is 9.24. The third-order valence-electron chi connectivity index (χ3n) is 4.18. The number of fused-ring (bicyclic) bond motifs is 2.